The van der Waals surface area contributed by atoms with Crippen LogP contribution in [0.3, 0.4) is 0 Å². The van der Waals surface area contributed by atoms with E-state index < -0.39 is 0 Å². The maximum atomic E-state index is 11.5. The molecule has 2 unspecified atom stereocenters. The predicted molar refractivity (Wildman–Crippen MR) is 58.7 cm³/mol. The Kier molecular flexibility index (Phi) is 6.93. The second-order valence-corrected chi connectivity index (χ2v) is 3.54. The normalized spacial score (nSPS) is 26.4. The van der Waals surface area contributed by atoms with Crippen LogP contribution < -0.4 is 5.32 Å². The average Bonchev–Trinajstić information content (AvgIpc) is 2.18. The van der Waals surface area contributed by atoms with E-state index in [9.17, 15) is 4.79 Å². The summed E-state index contributed by atoms with van der Waals surface area (Å²) < 4.78 is 5.03. The van der Waals surface area contributed by atoms with Crippen molar-refractivity contribution in [1.82, 2.24) is 5.32 Å². The first kappa shape index (κ1) is 13.7. The summed E-state index contributed by atoms with van der Waals surface area (Å²) in [5.41, 5.74) is 0. The van der Waals surface area contributed by atoms with E-state index in [2.05, 4.69) is 5.32 Å². The molecule has 1 fully saturated rings. The van der Waals surface area contributed by atoms with E-state index in [0.29, 0.717) is 12.6 Å². The minimum Gasteiger partial charge on any atom is -0.466 e. The van der Waals surface area contributed by atoms with E-state index >= 15 is 0 Å². The number of carbonyl (C=O) groups is 1. The first-order chi connectivity index (χ1) is 6.29. The van der Waals surface area contributed by atoms with E-state index in [0.717, 1.165) is 19.3 Å². The zero-order chi connectivity index (χ0) is 9.68. The van der Waals surface area contributed by atoms with Gasteiger partial charge in [-0.15, -0.1) is 12.4 Å². The van der Waals surface area contributed by atoms with Gasteiger partial charge in [0.15, 0.2) is 0 Å². The fourth-order valence-electron chi connectivity index (χ4n) is 2.01. The summed E-state index contributed by atoms with van der Waals surface area (Å²) in [5.74, 6) is 0.0558. The van der Waals surface area contributed by atoms with Crippen molar-refractivity contribution in [2.24, 2.45) is 5.92 Å². The second-order valence-electron chi connectivity index (χ2n) is 3.54. The van der Waals surface area contributed by atoms with Crippen molar-refractivity contribution < 1.29 is 9.53 Å². The van der Waals surface area contributed by atoms with Gasteiger partial charge < -0.3 is 10.1 Å². The van der Waals surface area contributed by atoms with Crippen LogP contribution >= 0.6 is 12.4 Å². The molecule has 0 heterocycles. The lowest BCUT2D eigenvalue weighted by atomic mass is 9.84. The van der Waals surface area contributed by atoms with E-state index in [-0.39, 0.29) is 24.3 Å². The highest BCUT2D eigenvalue weighted by Gasteiger charge is 2.30. The molecule has 0 spiro atoms. The molecule has 2 atom stereocenters. The largest absolute Gasteiger partial charge is 0.466 e. The summed E-state index contributed by atoms with van der Waals surface area (Å²) in [7, 11) is 1.92. The van der Waals surface area contributed by atoms with Crippen LogP contribution in [-0.2, 0) is 9.53 Å². The third-order valence-corrected chi connectivity index (χ3v) is 2.73. The topological polar surface area (TPSA) is 38.3 Å². The maximum absolute atomic E-state index is 11.5. The van der Waals surface area contributed by atoms with Gasteiger partial charge in [0.25, 0.3) is 0 Å². The first-order valence-corrected chi connectivity index (χ1v) is 5.13. The molecule has 14 heavy (non-hydrogen) atoms. The highest BCUT2D eigenvalue weighted by atomic mass is 35.5. The monoisotopic (exact) mass is 221 g/mol. The van der Waals surface area contributed by atoms with Crippen LogP contribution in [0.5, 0.6) is 0 Å². The number of rotatable bonds is 3. The molecule has 0 radical (unpaired) electrons. The molecule has 1 N–H and O–H groups in total. The van der Waals surface area contributed by atoms with Gasteiger partial charge in [0.05, 0.1) is 12.5 Å². The van der Waals surface area contributed by atoms with Crippen molar-refractivity contribution in [3.63, 3.8) is 0 Å². The number of nitrogens with one attached hydrogen (secondary N) is 1. The Morgan fingerprint density at radius 1 is 1.43 bits per heavy atom. The molecule has 0 amide bonds. The summed E-state index contributed by atoms with van der Waals surface area (Å²) >= 11 is 0. The van der Waals surface area contributed by atoms with Gasteiger partial charge in [-0.25, -0.2) is 0 Å². The average molecular weight is 222 g/mol. The molecule has 3 nitrogen and oxygen atoms in total. The van der Waals surface area contributed by atoms with Crippen LogP contribution in [0, 0.1) is 5.92 Å². The zero-order valence-electron chi connectivity index (χ0n) is 8.91. The standard InChI is InChI=1S/C10H19NO2.ClH/c1-3-13-10(12)8-6-4-5-7-9(8)11-2;/h8-9,11H,3-7H2,1-2H3;1H. The van der Waals surface area contributed by atoms with Gasteiger partial charge in [-0.05, 0) is 26.8 Å². The molecular formula is C10H20ClNO2. The lowest BCUT2D eigenvalue weighted by Gasteiger charge is -2.29. The van der Waals surface area contributed by atoms with Crippen molar-refractivity contribution in [1.29, 1.82) is 0 Å². The van der Waals surface area contributed by atoms with Gasteiger partial charge in [-0.2, -0.15) is 0 Å². The van der Waals surface area contributed by atoms with Crippen LogP contribution in [0.2, 0.25) is 0 Å². The number of esters is 1. The van der Waals surface area contributed by atoms with E-state index in [1.807, 2.05) is 14.0 Å². The molecular weight excluding hydrogens is 202 g/mol. The fraction of sp³-hybridized carbons (Fsp3) is 0.900. The smallest absolute Gasteiger partial charge is 0.310 e. The Labute approximate surface area is 92.0 Å². The Hall–Kier alpha value is -0.280. The summed E-state index contributed by atoms with van der Waals surface area (Å²) in [5, 5.41) is 3.19. The maximum Gasteiger partial charge on any atom is 0.310 e. The summed E-state index contributed by atoms with van der Waals surface area (Å²) in [6.45, 7) is 2.35. The van der Waals surface area contributed by atoms with Crippen LogP contribution in [0.1, 0.15) is 32.6 Å². The molecule has 0 aromatic rings. The van der Waals surface area contributed by atoms with Gasteiger partial charge in [-0.1, -0.05) is 12.8 Å². The van der Waals surface area contributed by atoms with Gasteiger partial charge in [0.1, 0.15) is 0 Å². The summed E-state index contributed by atoms with van der Waals surface area (Å²) in [6.07, 6.45) is 4.45. The molecule has 0 bridgehead atoms. The molecule has 0 saturated heterocycles. The molecule has 84 valence electrons. The minimum atomic E-state index is -0.0263. The Morgan fingerprint density at radius 2 is 2.07 bits per heavy atom. The van der Waals surface area contributed by atoms with Gasteiger partial charge in [0.2, 0.25) is 0 Å². The van der Waals surface area contributed by atoms with Crippen molar-refractivity contribution in [3.05, 3.63) is 0 Å². The van der Waals surface area contributed by atoms with Crippen LogP contribution in [0.4, 0.5) is 0 Å². The highest BCUT2D eigenvalue weighted by Crippen LogP contribution is 2.25. The number of halogens is 1. The van der Waals surface area contributed by atoms with Crippen LogP contribution in [0.15, 0.2) is 0 Å². The van der Waals surface area contributed by atoms with Crippen molar-refractivity contribution in [3.8, 4) is 0 Å². The summed E-state index contributed by atoms with van der Waals surface area (Å²) in [6, 6.07) is 0.327. The molecule has 1 saturated carbocycles. The molecule has 0 aromatic carbocycles. The van der Waals surface area contributed by atoms with Crippen molar-refractivity contribution in [2.45, 2.75) is 38.6 Å². The van der Waals surface area contributed by atoms with E-state index in [1.165, 1.54) is 6.42 Å². The van der Waals surface area contributed by atoms with Gasteiger partial charge in [-0.3, -0.25) is 4.79 Å². The summed E-state index contributed by atoms with van der Waals surface area (Å²) in [4.78, 5) is 11.5. The lowest BCUT2D eigenvalue weighted by molar-refractivity contribution is -0.150. The Balaban J connectivity index is 0.00000169. The van der Waals surface area contributed by atoms with Gasteiger partial charge in [0, 0.05) is 6.04 Å². The van der Waals surface area contributed by atoms with Crippen LogP contribution in [0.25, 0.3) is 0 Å². The van der Waals surface area contributed by atoms with Gasteiger partial charge >= 0.3 is 5.97 Å². The quantitative estimate of drug-likeness (QED) is 0.738. The lowest BCUT2D eigenvalue weighted by Crippen LogP contribution is -2.41. The molecule has 4 heteroatoms. The minimum absolute atomic E-state index is 0. The number of hydrogen-bond donors (Lipinski definition) is 1. The number of carbonyl (C=O) groups excluding carboxylic acids is 1. The van der Waals surface area contributed by atoms with Crippen molar-refractivity contribution >= 4 is 18.4 Å². The fourth-order valence-corrected chi connectivity index (χ4v) is 2.01. The van der Waals surface area contributed by atoms with E-state index in [1.54, 1.807) is 0 Å². The van der Waals surface area contributed by atoms with Crippen molar-refractivity contribution in [2.75, 3.05) is 13.7 Å². The number of ether oxygens (including phenoxy) is 1. The zero-order valence-corrected chi connectivity index (χ0v) is 9.73. The molecule has 1 aliphatic rings. The molecule has 0 aliphatic heterocycles. The third kappa shape index (κ3) is 3.46. The van der Waals surface area contributed by atoms with Crippen LogP contribution in [-0.4, -0.2) is 25.7 Å². The highest BCUT2D eigenvalue weighted by molar-refractivity contribution is 5.85. The molecule has 1 aliphatic carbocycles. The first-order valence-electron chi connectivity index (χ1n) is 5.13. The Morgan fingerprint density at radius 3 is 2.64 bits per heavy atom. The predicted octanol–water partition coefficient (Wildman–Crippen LogP) is 1.75. The molecule has 0 aromatic heterocycles. The molecule has 1 rings (SSSR count). The Bertz CT molecular complexity index is 176. The SMILES string of the molecule is CCOC(=O)C1CCCCC1NC.Cl. The second kappa shape index (κ2) is 7.07. The van der Waals surface area contributed by atoms with E-state index in [4.69, 9.17) is 4.74 Å². The number of hydrogen-bond acceptors (Lipinski definition) is 3. The third-order valence-electron chi connectivity index (χ3n) is 2.73.